The van der Waals surface area contributed by atoms with Gasteiger partial charge in [-0.3, -0.25) is 4.79 Å². The molecule has 8 nitrogen and oxygen atoms in total. The molecule has 1 amide bonds. The van der Waals surface area contributed by atoms with Crippen LogP contribution in [0.15, 0.2) is 18.2 Å². The van der Waals surface area contributed by atoms with E-state index >= 15 is 0 Å². The van der Waals surface area contributed by atoms with Crippen LogP contribution in [0.3, 0.4) is 0 Å². The minimum Gasteiger partial charge on any atom is -0.481 e. The number of nitrogens with zero attached hydrogens (tertiary/aromatic N) is 5. The van der Waals surface area contributed by atoms with Crippen molar-refractivity contribution in [3.63, 3.8) is 0 Å². The summed E-state index contributed by atoms with van der Waals surface area (Å²) in [6, 6.07) is 5.99. The Morgan fingerprint density at radius 2 is 1.76 bits per heavy atom. The van der Waals surface area contributed by atoms with Gasteiger partial charge in [0.05, 0.1) is 24.4 Å². The molecule has 3 heterocycles. The maximum absolute atomic E-state index is 12.9. The zero-order valence-electron chi connectivity index (χ0n) is 16.9. The highest BCUT2D eigenvalue weighted by Gasteiger charge is 2.26. The van der Waals surface area contributed by atoms with Crippen molar-refractivity contribution in [2.45, 2.75) is 13.8 Å². The lowest BCUT2D eigenvalue weighted by atomic mass is 10.1. The molecule has 29 heavy (non-hydrogen) atoms. The lowest BCUT2D eigenvalue weighted by Crippen LogP contribution is -2.49. The normalized spacial score (nSPS) is 14.3. The molecule has 1 aromatic carbocycles. The number of amides is 1. The molecule has 9 heteroatoms. The van der Waals surface area contributed by atoms with E-state index in [9.17, 15) is 4.79 Å². The molecule has 1 fully saturated rings. The van der Waals surface area contributed by atoms with Gasteiger partial charge in [-0.1, -0.05) is 17.4 Å². The van der Waals surface area contributed by atoms with Crippen molar-refractivity contribution in [2.75, 3.05) is 45.3 Å². The van der Waals surface area contributed by atoms with Crippen LogP contribution in [0.1, 0.15) is 21.6 Å². The summed E-state index contributed by atoms with van der Waals surface area (Å²) in [5.41, 5.74) is 3.78. The number of aryl methyl sites for hydroxylation is 2. The molecule has 1 aliphatic rings. The van der Waals surface area contributed by atoms with Crippen LogP contribution in [0.25, 0.3) is 10.2 Å². The number of benzene rings is 1. The summed E-state index contributed by atoms with van der Waals surface area (Å²) < 4.78 is 11.4. The Hall–Kier alpha value is -2.94. The highest BCUT2D eigenvalue weighted by atomic mass is 32.1. The van der Waals surface area contributed by atoms with E-state index in [0.29, 0.717) is 19.0 Å². The van der Waals surface area contributed by atoms with Crippen molar-refractivity contribution in [3.8, 4) is 11.9 Å². The van der Waals surface area contributed by atoms with Crippen molar-refractivity contribution in [1.29, 1.82) is 0 Å². The quantitative estimate of drug-likeness (QED) is 0.650. The van der Waals surface area contributed by atoms with E-state index in [2.05, 4.69) is 40.8 Å². The number of thiazole rings is 1. The van der Waals surface area contributed by atoms with Gasteiger partial charge in [0.15, 0.2) is 5.13 Å². The molecule has 0 N–H and O–H groups in total. The van der Waals surface area contributed by atoms with Crippen molar-refractivity contribution in [2.24, 2.45) is 0 Å². The zero-order chi connectivity index (χ0) is 20.5. The Morgan fingerprint density at radius 1 is 1.00 bits per heavy atom. The molecule has 0 radical (unpaired) electrons. The van der Waals surface area contributed by atoms with E-state index in [-0.39, 0.29) is 17.6 Å². The van der Waals surface area contributed by atoms with E-state index in [0.717, 1.165) is 23.7 Å². The fraction of sp³-hybridized carbons (Fsp3) is 0.400. The first-order valence-corrected chi connectivity index (χ1v) is 10.2. The fourth-order valence-corrected chi connectivity index (χ4v) is 4.66. The van der Waals surface area contributed by atoms with Crippen LogP contribution in [0.5, 0.6) is 11.9 Å². The average molecular weight is 414 g/mol. The minimum atomic E-state index is -0.153. The molecule has 0 atom stereocenters. The third-order valence-corrected chi connectivity index (χ3v) is 6.01. The molecular formula is C20H23N5O3S. The number of piperazine rings is 1. The average Bonchev–Trinajstić information content (AvgIpc) is 3.17. The highest BCUT2D eigenvalue weighted by Crippen LogP contribution is 2.32. The van der Waals surface area contributed by atoms with Crippen molar-refractivity contribution < 1.29 is 14.3 Å². The minimum absolute atomic E-state index is 0.117. The highest BCUT2D eigenvalue weighted by molar-refractivity contribution is 7.22. The second-order valence-corrected chi connectivity index (χ2v) is 8.00. The number of ether oxygens (including phenoxy) is 2. The van der Waals surface area contributed by atoms with Crippen LogP contribution in [-0.2, 0) is 0 Å². The van der Waals surface area contributed by atoms with Gasteiger partial charge in [-0.05, 0) is 31.0 Å². The first-order chi connectivity index (χ1) is 14.0. The second-order valence-electron chi connectivity index (χ2n) is 6.99. The van der Waals surface area contributed by atoms with Gasteiger partial charge in [0, 0.05) is 32.2 Å². The van der Waals surface area contributed by atoms with Crippen LogP contribution >= 0.6 is 11.3 Å². The monoisotopic (exact) mass is 413 g/mol. The summed E-state index contributed by atoms with van der Waals surface area (Å²) in [7, 11) is 2.96. The lowest BCUT2D eigenvalue weighted by Gasteiger charge is -2.34. The molecule has 152 valence electrons. The zero-order valence-corrected chi connectivity index (χ0v) is 17.7. The first kappa shape index (κ1) is 19.4. The molecule has 0 saturated carbocycles. The number of methoxy groups -OCH3 is 2. The smallest absolute Gasteiger partial charge is 0.320 e. The van der Waals surface area contributed by atoms with E-state index in [1.54, 1.807) is 16.2 Å². The first-order valence-electron chi connectivity index (χ1n) is 9.37. The maximum atomic E-state index is 12.9. The van der Waals surface area contributed by atoms with Crippen LogP contribution in [0.4, 0.5) is 5.13 Å². The summed E-state index contributed by atoms with van der Waals surface area (Å²) in [5, 5.41) is 1.01. The summed E-state index contributed by atoms with van der Waals surface area (Å²) >= 11 is 1.71. The van der Waals surface area contributed by atoms with E-state index in [1.165, 1.54) is 36.1 Å². The standard InChI is InChI=1S/C20H23N5O3S/c1-12-9-13(2)17-15(10-12)29-20(23-17)25-7-5-24(6-8-25)18(26)14-11-16(27-3)22-19(21-14)28-4/h9-11H,5-8H2,1-4H3. The Labute approximate surface area is 173 Å². The number of fused-ring (bicyclic) bond motifs is 1. The Bertz CT molecular complexity index is 1040. The lowest BCUT2D eigenvalue weighted by molar-refractivity contribution is 0.0739. The van der Waals surface area contributed by atoms with Gasteiger partial charge in [0.25, 0.3) is 5.91 Å². The van der Waals surface area contributed by atoms with Gasteiger partial charge in [-0.25, -0.2) is 4.98 Å². The number of hydrogen-bond acceptors (Lipinski definition) is 8. The van der Waals surface area contributed by atoms with E-state index < -0.39 is 0 Å². The SMILES string of the molecule is COc1cc(C(=O)N2CCN(c3nc4c(C)cc(C)cc4s3)CC2)nc(OC)n1. The Balaban J connectivity index is 1.48. The largest absolute Gasteiger partial charge is 0.481 e. The number of rotatable bonds is 4. The molecule has 0 bridgehead atoms. The van der Waals surface area contributed by atoms with Gasteiger partial charge >= 0.3 is 6.01 Å². The molecule has 0 aliphatic carbocycles. The van der Waals surface area contributed by atoms with E-state index in [1.807, 2.05) is 0 Å². The molecule has 4 rings (SSSR count). The summed E-state index contributed by atoms with van der Waals surface area (Å²) in [6.07, 6.45) is 0. The number of aromatic nitrogens is 3. The van der Waals surface area contributed by atoms with Crippen molar-refractivity contribution in [3.05, 3.63) is 35.0 Å². The van der Waals surface area contributed by atoms with Crippen molar-refractivity contribution in [1.82, 2.24) is 19.9 Å². The number of hydrogen-bond donors (Lipinski definition) is 0. The van der Waals surface area contributed by atoms with Gasteiger partial charge in [0.1, 0.15) is 5.69 Å². The Kier molecular flexibility index (Phi) is 5.23. The molecule has 3 aromatic rings. The van der Waals surface area contributed by atoms with Crippen LogP contribution < -0.4 is 14.4 Å². The summed E-state index contributed by atoms with van der Waals surface area (Å²) in [6.45, 7) is 6.85. The third kappa shape index (κ3) is 3.82. The number of carbonyl (C=O) groups is 1. The van der Waals surface area contributed by atoms with E-state index in [4.69, 9.17) is 14.5 Å². The molecule has 0 spiro atoms. The van der Waals surface area contributed by atoms with Crippen molar-refractivity contribution >= 4 is 32.6 Å². The topological polar surface area (TPSA) is 80.7 Å². The Morgan fingerprint density at radius 3 is 2.45 bits per heavy atom. The van der Waals surface area contributed by atoms with Gasteiger partial charge in [-0.15, -0.1) is 0 Å². The van der Waals surface area contributed by atoms with Gasteiger partial charge in [0.2, 0.25) is 5.88 Å². The molecule has 2 aromatic heterocycles. The molecule has 0 unspecified atom stereocenters. The van der Waals surface area contributed by atoms with Gasteiger partial charge in [-0.2, -0.15) is 9.97 Å². The van der Waals surface area contributed by atoms with Gasteiger partial charge < -0.3 is 19.3 Å². The number of anilines is 1. The molecular weight excluding hydrogens is 390 g/mol. The van der Waals surface area contributed by atoms with Crippen LogP contribution in [-0.4, -0.2) is 66.2 Å². The van der Waals surface area contributed by atoms with Crippen LogP contribution in [0, 0.1) is 13.8 Å². The summed E-state index contributed by atoms with van der Waals surface area (Å²) in [4.78, 5) is 30.0. The third-order valence-electron chi connectivity index (χ3n) is 4.95. The second kappa shape index (κ2) is 7.82. The fourth-order valence-electron chi connectivity index (χ4n) is 3.47. The molecule has 1 saturated heterocycles. The predicted molar refractivity (Wildman–Crippen MR) is 112 cm³/mol. The predicted octanol–water partition coefficient (Wildman–Crippen LogP) is 2.68. The summed E-state index contributed by atoms with van der Waals surface area (Å²) in [5.74, 6) is 0.151. The van der Waals surface area contributed by atoms with Crippen LogP contribution in [0.2, 0.25) is 0 Å². The molecule has 1 aliphatic heterocycles. The maximum Gasteiger partial charge on any atom is 0.320 e. The number of carbonyl (C=O) groups excluding carboxylic acids is 1.